The topological polar surface area (TPSA) is 0 Å². The summed E-state index contributed by atoms with van der Waals surface area (Å²) in [4.78, 5) is 0. The van der Waals surface area contributed by atoms with E-state index in [0.29, 0.717) is 5.41 Å². The first-order chi connectivity index (χ1) is 4.48. The van der Waals surface area contributed by atoms with E-state index in [4.69, 9.17) is 0 Å². The molecule has 0 heterocycles. The van der Waals surface area contributed by atoms with E-state index in [1.807, 2.05) is 0 Å². The molecule has 0 aliphatic carbocycles. The second-order valence-corrected chi connectivity index (χ2v) is 4.20. The van der Waals surface area contributed by atoms with Gasteiger partial charge < -0.3 is 0 Å². The second-order valence-electron chi connectivity index (χ2n) is 4.20. The molecule has 0 aromatic carbocycles. The van der Waals surface area contributed by atoms with E-state index in [1.165, 1.54) is 12.8 Å². The van der Waals surface area contributed by atoms with Crippen LogP contribution in [0.5, 0.6) is 0 Å². The molecule has 0 aliphatic heterocycles. The van der Waals surface area contributed by atoms with Gasteiger partial charge in [0.25, 0.3) is 0 Å². The zero-order valence-corrected chi connectivity index (χ0v) is 8.07. The highest BCUT2D eigenvalue weighted by Crippen LogP contribution is 2.27. The Bertz CT molecular complexity index is 80.0. The summed E-state index contributed by atoms with van der Waals surface area (Å²) in [7, 11) is 0. The van der Waals surface area contributed by atoms with Crippen molar-refractivity contribution in [1.29, 1.82) is 0 Å². The average molecular weight is 141 g/mol. The van der Waals surface area contributed by atoms with Crippen LogP contribution in [0.1, 0.15) is 47.5 Å². The highest BCUT2D eigenvalue weighted by Gasteiger charge is 2.14. The molecule has 0 bridgehead atoms. The number of rotatable bonds is 4. The van der Waals surface area contributed by atoms with Gasteiger partial charge in [-0.2, -0.15) is 0 Å². The van der Waals surface area contributed by atoms with Gasteiger partial charge in [0.15, 0.2) is 0 Å². The number of hydrogen-bond acceptors (Lipinski definition) is 0. The highest BCUT2D eigenvalue weighted by molar-refractivity contribution is 4.78. The largest absolute Gasteiger partial charge is 0.0649 e. The molecular formula is C10H21. The van der Waals surface area contributed by atoms with E-state index in [-0.39, 0.29) is 0 Å². The molecule has 0 saturated heterocycles. The molecule has 0 fully saturated rings. The molecule has 0 amide bonds. The Hall–Kier alpha value is 0. The highest BCUT2D eigenvalue weighted by atomic mass is 14.2. The number of hydrogen-bond donors (Lipinski definition) is 0. The maximum atomic E-state index is 2.41. The Kier molecular flexibility index (Phi) is 4.00. The van der Waals surface area contributed by atoms with Crippen molar-refractivity contribution in [2.45, 2.75) is 47.5 Å². The van der Waals surface area contributed by atoms with Crippen LogP contribution in [0, 0.1) is 17.8 Å². The Morgan fingerprint density at radius 3 is 2.10 bits per heavy atom. The lowest BCUT2D eigenvalue weighted by molar-refractivity contribution is 0.334. The molecule has 61 valence electrons. The zero-order chi connectivity index (χ0) is 8.20. The zero-order valence-electron chi connectivity index (χ0n) is 8.07. The molecule has 0 rings (SSSR count). The van der Waals surface area contributed by atoms with Crippen LogP contribution in [0.4, 0.5) is 0 Å². The van der Waals surface area contributed by atoms with E-state index in [9.17, 15) is 0 Å². The molecular weight excluding hydrogens is 120 g/mol. The molecule has 0 aromatic rings. The molecule has 0 saturated carbocycles. The summed E-state index contributed by atoms with van der Waals surface area (Å²) in [6, 6.07) is 0. The fraction of sp³-hybridized carbons (Fsp3) is 0.900. The fourth-order valence-electron chi connectivity index (χ4n) is 0.699. The Morgan fingerprint density at radius 2 is 1.80 bits per heavy atom. The molecule has 1 radical (unpaired) electrons. The van der Waals surface area contributed by atoms with Gasteiger partial charge in [-0.1, -0.05) is 41.0 Å². The van der Waals surface area contributed by atoms with Crippen LogP contribution >= 0.6 is 0 Å². The van der Waals surface area contributed by atoms with Gasteiger partial charge in [-0.05, 0) is 24.2 Å². The predicted octanol–water partition coefficient (Wildman–Crippen LogP) is 3.67. The van der Waals surface area contributed by atoms with Crippen molar-refractivity contribution in [1.82, 2.24) is 0 Å². The maximum Gasteiger partial charge on any atom is -0.0354 e. The van der Waals surface area contributed by atoms with Gasteiger partial charge in [-0.15, -0.1) is 0 Å². The molecule has 0 heteroatoms. The molecule has 0 N–H and O–H groups in total. The van der Waals surface area contributed by atoms with Crippen LogP contribution in [0.3, 0.4) is 0 Å². The summed E-state index contributed by atoms with van der Waals surface area (Å²) < 4.78 is 0. The molecule has 0 spiro atoms. The summed E-state index contributed by atoms with van der Waals surface area (Å²) in [6.45, 7) is 11.4. The van der Waals surface area contributed by atoms with Gasteiger partial charge in [0.05, 0.1) is 0 Å². The minimum Gasteiger partial charge on any atom is -0.0649 e. The molecule has 0 aromatic heterocycles. The second kappa shape index (κ2) is 4.00. The van der Waals surface area contributed by atoms with E-state index < -0.39 is 0 Å². The summed E-state index contributed by atoms with van der Waals surface area (Å²) in [5.41, 5.74) is 0.518. The summed E-state index contributed by atoms with van der Waals surface area (Å²) in [5.74, 6) is 0.742. The first kappa shape index (κ1) is 10.0. The molecule has 0 aliphatic rings. The SMILES string of the molecule is CCC(C)(C)C[CH]C(C)C. The molecule has 0 atom stereocenters. The molecule has 0 nitrogen and oxygen atoms in total. The van der Waals surface area contributed by atoms with Crippen LogP contribution in [0.15, 0.2) is 0 Å². The summed E-state index contributed by atoms with van der Waals surface area (Å²) >= 11 is 0. The lowest BCUT2D eigenvalue weighted by atomic mass is 9.83. The molecule has 0 unspecified atom stereocenters. The van der Waals surface area contributed by atoms with Gasteiger partial charge in [-0.3, -0.25) is 0 Å². The van der Waals surface area contributed by atoms with Crippen molar-refractivity contribution in [2.24, 2.45) is 11.3 Å². The minimum atomic E-state index is 0.518. The van der Waals surface area contributed by atoms with Gasteiger partial charge in [0.1, 0.15) is 0 Å². The summed E-state index contributed by atoms with van der Waals surface area (Å²) in [5, 5.41) is 0. The van der Waals surface area contributed by atoms with Crippen molar-refractivity contribution >= 4 is 0 Å². The maximum absolute atomic E-state index is 2.41. The van der Waals surface area contributed by atoms with Crippen LogP contribution in [0.25, 0.3) is 0 Å². The third-order valence-electron chi connectivity index (χ3n) is 2.10. The monoisotopic (exact) mass is 141 g/mol. The standard InChI is InChI=1S/C10H21/c1-6-10(4,5)8-7-9(2)3/h7,9H,6,8H2,1-5H3. The van der Waals surface area contributed by atoms with Crippen LogP contribution in [0.2, 0.25) is 0 Å². The Labute approximate surface area is 66.0 Å². The van der Waals surface area contributed by atoms with Gasteiger partial charge >= 0.3 is 0 Å². The Morgan fingerprint density at radius 1 is 1.30 bits per heavy atom. The quantitative estimate of drug-likeness (QED) is 0.560. The minimum absolute atomic E-state index is 0.518. The molecule has 10 heavy (non-hydrogen) atoms. The first-order valence-corrected chi connectivity index (χ1v) is 4.31. The lowest BCUT2D eigenvalue weighted by Gasteiger charge is -2.22. The first-order valence-electron chi connectivity index (χ1n) is 4.31. The predicted molar refractivity (Wildman–Crippen MR) is 47.8 cm³/mol. The normalized spacial score (nSPS) is 12.6. The van der Waals surface area contributed by atoms with Gasteiger partial charge in [0.2, 0.25) is 0 Å². The van der Waals surface area contributed by atoms with Gasteiger partial charge in [0, 0.05) is 0 Å². The summed E-state index contributed by atoms with van der Waals surface area (Å²) in [6.07, 6.45) is 4.93. The van der Waals surface area contributed by atoms with Crippen molar-refractivity contribution in [2.75, 3.05) is 0 Å². The third kappa shape index (κ3) is 4.84. The van der Waals surface area contributed by atoms with E-state index in [2.05, 4.69) is 41.0 Å². The van der Waals surface area contributed by atoms with Crippen LogP contribution in [-0.2, 0) is 0 Å². The Balaban J connectivity index is 3.46. The smallest absolute Gasteiger partial charge is 0.0354 e. The van der Waals surface area contributed by atoms with E-state index in [0.717, 1.165) is 5.92 Å². The van der Waals surface area contributed by atoms with Crippen molar-refractivity contribution in [3.05, 3.63) is 6.42 Å². The van der Waals surface area contributed by atoms with Crippen LogP contribution in [-0.4, -0.2) is 0 Å². The van der Waals surface area contributed by atoms with Crippen molar-refractivity contribution < 1.29 is 0 Å². The van der Waals surface area contributed by atoms with Gasteiger partial charge in [-0.25, -0.2) is 0 Å². The van der Waals surface area contributed by atoms with Crippen LogP contribution < -0.4 is 0 Å². The average Bonchev–Trinajstić information content (AvgIpc) is 1.85. The third-order valence-corrected chi connectivity index (χ3v) is 2.10. The lowest BCUT2D eigenvalue weighted by Crippen LogP contribution is -2.10. The fourth-order valence-corrected chi connectivity index (χ4v) is 0.699. The van der Waals surface area contributed by atoms with E-state index >= 15 is 0 Å². The van der Waals surface area contributed by atoms with E-state index in [1.54, 1.807) is 0 Å². The van der Waals surface area contributed by atoms with Crippen molar-refractivity contribution in [3.8, 4) is 0 Å². The van der Waals surface area contributed by atoms with Crippen molar-refractivity contribution in [3.63, 3.8) is 0 Å².